The van der Waals surface area contributed by atoms with Gasteiger partial charge in [0.2, 0.25) is 5.82 Å². The zero-order chi connectivity index (χ0) is 19.4. The zero-order valence-electron chi connectivity index (χ0n) is 17.3. The second-order valence-electron chi connectivity index (χ2n) is 8.48. The Morgan fingerprint density at radius 3 is 2.48 bits per heavy atom. The molecule has 0 unspecified atom stereocenters. The van der Waals surface area contributed by atoms with Crippen molar-refractivity contribution in [3.8, 4) is 5.75 Å². The van der Waals surface area contributed by atoms with Crippen LogP contribution in [0.5, 0.6) is 5.75 Å². The van der Waals surface area contributed by atoms with Crippen LogP contribution >= 0.6 is 0 Å². The SMILES string of the molecule is CC[C@H](c1nnnn1C(C)(C)C)[NH+]1CC[NH+](Cc2ccccc2OC)CC1. The van der Waals surface area contributed by atoms with E-state index in [2.05, 4.69) is 61.4 Å². The van der Waals surface area contributed by atoms with E-state index in [1.165, 1.54) is 5.56 Å². The number of benzene rings is 1. The minimum Gasteiger partial charge on any atom is -0.496 e. The molecule has 1 saturated heterocycles. The molecule has 0 saturated carbocycles. The van der Waals surface area contributed by atoms with E-state index in [1.54, 1.807) is 16.9 Å². The highest BCUT2D eigenvalue weighted by molar-refractivity contribution is 5.32. The Hall–Kier alpha value is -1.99. The number of hydrogen-bond donors (Lipinski definition) is 2. The van der Waals surface area contributed by atoms with E-state index in [1.807, 2.05) is 10.7 Å². The van der Waals surface area contributed by atoms with Crippen LogP contribution in [-0.2, 0) is 12.1 Å². The van der Waals surface area contributed by atoms with Gasteiger partial charge in [-0.1, -0.05) is 19.1 Å². The third-order valence-corrected chi connectivity index (χ3v) is 5.57. The molecule has 0 radical (unpaired) electrons. The summed E-state index contributed by atoms with van der Waals surface area (Å²) in [6.45, 7) is 14.3. The highest BCUT2D eigenvalue weighted by Crippen LogP contribution is 2.19. The van der Waals surface area contributed by atoms with Gasteiger partial charge < -0.3 is 14.5 Å². The Kier molecular flexibility index (Phi) is 6.11. The van der Waals surface area contributed by atoms with Crippen molar-refractivity contribution in [1.29, 1.82) is 0 Å². The number of ether oxygens (including phenoxy) is 1. The lowest BCUT2D eigenvalue weighted by atomic mass is 10.1. The largest absolute Gasteiger partial charge is 0.496 e. The number of methoxy groups -OCH3 is 1. The smallest absolute Gasteiger partial charge is 0.209 e. The molecule has 2 N–H and O–H groups in total. The van der Waals surface area contributed by atoms with Crippen molar-refractivity contribution in [2.24, 2.45) is 0 Å². The van der Waals surface area contributed by atoms with Gasteiger partial charge in [0.1, 0.15) is 44.5 Å². The Morgan fingerprint density at radius 1 is 1.15 bits per heavy atom. The van der Waals surface area contributed by atoms with E-state index >= 15 is 0 Å². The van der Waals surface area contributed by atoms with E-state index in [4.69, 9.17) is 4.74 Å². The first-order chi connectivity index (χ1) is 12.9. The summed E-state index contributed by atoms with van der Waals surface area (Å²) >= 11 is 0. The average Bonchev–Trinajstić information content (AvgIpc) is 3.14. The van der Waals surface area contributed by atoms with Gasteiger partial charge >= 0.3 is 0 Å². The van der Waals surface area contributed by atoms with Crippen LogP contribution in [0.1, 0.15) is 51.5 Å². The van der Waals surface area contributed by atoms with Crippen molar-refractivity contribution in [2.45, 2.75) is 52.2 Å². The van der Waals surface area contributed by atoms with E-state index in [-0.39, 0.29) is 5.54 Å². The molecule has 27 heavy (non-hydrogen) atoms. The van der Waals surface area contributed by atoms with Crippen LogP contribution in [0.15, 0.2) is 24.3 Å². The Labute approximate surface area is 162 Å². The summed E-state index contributed by atoms with van der Waals surface area (Å²) in [6.07, 6.45) is 1.05. The van der Waals surface area contributed by atoms with E-state index in [0.717, 1.165) is 50.7 Å². The number of aromatic nitrogens is 4. The highest BCUT2D eigenvalue weighted by Gasteiger charge is 2.35. The molecule has 0 spiro atoms. The standard InChI is InChI=1S/C20H32N6O/c1-6-17(19-21-22-23-26(19)20(2,3)4)25-13-11-24(12-14-25)15-16-9-7-8-10-18(16)27-5/h7-10,17H,6,11-15H2,1-5H3/p+2/t17-/m1/s1. The van der Waals surface area contributed by atoms with Crippen molar-refractivity contribution in [1.82, 2.24) is 20.2 Å². The highest BCUT2D eigenvalue weighted by atomic mass is 16.5. The summed E-state index contributed by atoms with van der Waals surface area (Å²) in [5.74, 6) is 2.02. The molecule has 1 aliphatic rings. The lowest BCUT2D eigenvalue weighted by Crippen LogP contribution is -3.27. The van der Waals surface area contributed by atoms with Crippen molar-refractivity contribution in [3.05, 3.63) is 35.7 Å². The first-order valence-corrected chi connectivity index (χ1v) is 10.0. The second kappa shape index (κ2) is 8.35. The van der Waals surface area contributed by atoms with Gasteiger partial charge in [0, 0.05) is 12.0 Å². The minimum atomic E-state index is -0.0946. The molecule has 3 rings (SSSR count). The van der Waals surface area contributed by atoms with E-state index in [0.29, 0.717) is 6.04 Å². The summed E-state index contributed by atoms with van der Waals surface area (Å²) in [7, 11) is 1.75. The monoisotopic (exact) mass is 374 g/mol. The number of hydrogen-bond acceptors (Lipinski definition) is 4. The summed E-state index contributed by atoms with van der Waals surface area (Å²) < 4.78 is 7.52. The molecule has 148 valence electrons. The van der Waals surface area contributed by atoms with E-state index < -0.39 is 0 Å². The van der Waals surface area contributed by atoms with Gasteiger partial charge in [-0.2, -0.15) is 0 Å². The van der Waals surface area contributed by atoms with Gasteiger partial charge in [-0.15, -0.1) is 5.10 Å². The molecule has 1 fully saturated rings. The van der Waals surface area contributed by atoms with Crippen molar-refractivity contribution in [2.75, 3.05) is 33.3 Å². The first-order valence-electron chi connectivity index (χ1n) is 10.0. The first kappa shape index (κ1) is 19.8. The third kappa shape index (κ3) is 4.47. The molecule has 1 atom stereocenters. The Balaban J connectivity index is 1.65. The molecule has 1 aromatic carbocycles. The zero-order valence-corrected chi connectivity index (χ0v) is 17.3. The molecule has 0 aliphatic carbocycles. The van der Waals surface area contributed by atoms with Crippen LogP contribution in [0.25, 0.3) is 0 Å². The molecular formula is C20H34N6O+2. The van der Waals surface area contributed by atoms with Gasteiger partial charge in [0.05, 0.1) is 12.6 Å². The quantitative estimate of drug-likeness (QED) is 0.740. The lowest BCUT2D eigenvalue weighted by Gasteiger charge is -2.34. The number of rotatable bonds is 6. The summed E-state index contributed by atoms with van der Waals surface area (Å²) in [6, 6.07) is 8.71. The average molecular weight is 375 g/mol. The molecule has 2 aromatic rings. The van der Waals surface area contributed by atoms with Gasteiger partial charge in [0.25, 0.3) is 0 Å². The fraction of sp³-hybridized carbons (Fsp3) is 0.650. The molecule has 2 heterocycles. The lowest BCUT2D eigenvalue weighted by molar-refractivity contribution is -1.03. The van der Waals surface area contributed by atoms with E-state index in [9.17, 15) is 0 Å². The van der Waals surface area contributed by atoms with Crippen LogP contribution in [0.4, 0.5) is 0 Å². The van der Waals surface area contributed by atoms with Crippen molar-refractivity contribution >= 4 is 0 Å². The topological polar surface area (TPSA) is 61.7 Å². The fourth-order valence-electron chi connectivity index (χ4n) is 4.11. The maximum Gasteiger partial charge on any atom is 0.209 e. The van der Waals surface area contributed by atoms with Crippen molar-refractivity contribution < 1.29 is 14.5 Å². The summed E-state index contributed by atoms with van der Waals surface area (Å²) in [5, 5.41) is 12.6. The molecule has 0 amide bonds. The minimum absolute atomic E-state index is 0.0946. The number of nitrogens with one attached hydrogen (secondary N) is 2. The maximum atomic E-state index is 5.51. The van der Waals surface area contributed by atoms with Crippen LogP contribution in [0.3, 0.4) is 0 Å². The predicted molar refractivity (Wildman–Crippen MR) is 104 cm³/mol. The number of piperazine rings is 1. The molecule has 0 bridgehead atoms. The van der Waals surface area contributed by atoms with Crippen LogP contribution in [0.2, 0.25) is 0 Å². The van der Waals surface area contributed by atoms with Gasteiger partial charge in [-0.05, 0) is 43.3 Å². The number of tetrazole rings is 1. The molecule has 1 aromatic heterocycles. The number of nitrogens with zero attached hydrogens (tertiary/aromatic N) is 4. The predicted octanol–water partition coefficient (Wildman–Crippen LogP) is -0.129. The molecule has 7 heteroatoms. The van der Waals surface area contributed by atoms with Crippen LogP contribution in [-0.4, -0.2) is 53.5 Å². The number of para-hydroxylation sites is 1. The molecule has 1 aliphatic heterocycles. The van der Waals surface area contributed by atoms with Crippen molar-refractivity contribution in [3.63, 3.8) is 0 Å². The summed E-state index contributed by atoms with van der Waals surface area (Å²) in [5.41, 5.74) is 1.20. The van der Waals surface area contributed by atoms with Gasteiger partial charge in [0.15, 0.2) is 0 Å². The molecule has 7 nitrogen and oxygen atoms in total. The van der Waals surface area contributed by atoms with Gasteiger partial charge in [-0.3, -0.25) is 0 Å². The van der Waals surface area contributed by atoms with Gasteiger partial charge in [-0.25, -0.2) is 4.68 Å². The van der Waals surface area contributed by atoms with Crippen LogP contribution < -0.4 is 14.5 Å². The maximum absolute atomic E-state index is 5.51. The second-order valence-corrected chi connectivity index (χ2v) is 8.48. The Morgan fingerprint density at radius 2 is 1.85 bits per heavy atom. The normalized spacial score (nSPS) is 21.8. The number of quaternary nitrogens is 2. The third-order valence-electron chi connectivity index (χ3n) is 5.57. The Bertz CT molecular complexity index is 730. The fourth-order valence-corrected chi connectivity index (χ4v) is 4.11. The summed E-state index contributed by atoms with van der Waals surface area (Å²) in [4.78, 5) is 3.22. The molecular weight excluding hydrogens is 340 g/mol. The van der Waals surface area contributed by atoms with Crippen LogP contribution in [0, 0.1) is 0 Å².